The first-order valence-electron chi connectivity index (χ1n) is 8.00. The number of amides is 2. The minimum Gasteiger partial charge on any atom is -0.497 e. The Morgan fingerprint density at radius 3 is 2.50 bits per heavy atom. The molecule has 0 bridgehead atoms. The van der Waals surface area contributed by atoms with Gasteiger partial charge >= 0.3 is 6.03 Å². The first-order valence-corrected chi connectivity index (χ1v) is 8.00. The maximum atomic E-state index is 12.1. The zero-order valence-electron chi connectivity index (χ0n) is 14.9. The topological polar surface area (TPSA) is 96.7 Å². The van der Waals surface area contributed by atoms with Crippen molar-refractivity contribution < 1.29 is 14.5 Å². The third-order valence-electron chi connectivity index (χ3n) is 3.89. The molecule has 2 amide bonds. The molecule has 2 N–H and O–H groups in total. The lowest BCUT2D eigenvalue weighted by molar-refractivity contribution is -0.384. The van der Waals surface area contributed by atoms with Gasteiger partial charge in [0.15, 0.2) is 0 Å². The number of nitro benzene ring substituents is 1. The van der Waals surface area contributed by atoms with E-state index >= 15 is 0 Å². The lowest BCUT2D eigenvalue weighted by Crippen LogP contribution is -2.36. The molecule has 2 aromatic rings. The van der Waals surface area contributed by atoms with Crippen molar-refractivity contribution in [3.05, 3.63) is 64.2 Å². The van der Waals surface area contributed by atoms with E-state index < -0.39 is 4.92 Å². The first kappa shape index (κ1) is 19.2. The SMILES string of the molecule is COc1cccc(C(CNC(=O)Nc2ccc([N+](=O)[O-])cc2)N(C)C)c1. The number of nitro groups is 1. The van der Waals surface area contributed by atoms with Crippen LogP contribution in [0, 0.1) is 10.1 Å². The van der Waals surface area contributed by atoms with Crippen LogP contribution in [0.4, 0.5) is 16.2 Å². The van der Waals surface area contributed by atoms with Crippen molar-refractivity contribution >= 4 is 17.4 Å². The number of nitrogens with one attached hydrogen (secondary N) is 2. The monoisotopic (exact) mass is 358 g/mol. The summed E-state index contributed by atoms with van der Waals surface area (Å²) in [4.78, 5) is 24.3. The Morgan fingerprint density at radius 1 is 1.23 bits per heavy atom. The molecule has 26 heavy (non-hydrogen) atoms. The first-order chi connectivity index (χ1) is 12.4. The molecular formula is C18H22N4O4. The van der Waals surface area contributed by atoms with Gasteiger partial charge in [0.05, 0.1) is 18.1 Å². The van der Waals surface area contributed by atoms with Gasteiger partial charge in [0, 0.05) is 24.4 Å². The number of carbonyl (C=O) groups excluding carboxylic acids is 1. The number of methoxy groups -OCH3 is 1. The minimum absolute atomic E-state index is 0.0262. The molecule has 0 saturated heterocycles. The zero-order chi connectivity index (χ0) is 19.1. The molecule has 138 valence electrons. The van der Waals surface area contributed by atoms with Gasteiger partial charge in [-0.05, 0) is 43.9 Å². The van der Waals surface area contributed by atoms with Crippen LogP contribution in [0.2, 0.25) is 0 Å². The average Bonchev–Trinajstić information content (AvgIpc) is 2.62. The molecule has 2 aromatic carbocycles. The van der Waals surface area contributed by atoms with Crippen LogP contribution in [0.1, 0.15) is 11.6 Å². The highest BCUT2D eigenvalue weighted by Crippen LogP contribution is 2.22. The van der Waals surface area contributed by atoms with Crippen molar-refractivity contribution in [2.45, 2.75) is 6.04 Å². The van der Waals surface area contributed by atoms with Crippen molar-refractivity contribution in [2.24, 2.45) is 0 Å². The van der Waals surface area contributed by atoms with Gasteiger partial charge in [0.2, 0.25) is 0 Å². The summed E-state index contributed by atoms with van der Waals surface area (Å²) in [6.45, 7) is 0.388. The summed E-state index contributed by atoms with van der Waals surface area (Å²) in [5, 5.41) is 16.1. The summed E-state index contributed by atoms with van der Waals surface area (Å²) in [5.41, 5.74) is 1.47. The predicted octanol–water partition coefficient (Wildman–Crippen LogP) is 3.03. The maximum absolute atomic E-state index is 12.1. The second kappa shape index (κ2) is 8.82. The summed E-state index contributed by atoms with van der Waals surface area (Å²) < 4.78 is 5.25. The molecule has 0 aliphatic rings. The van der Waals surface area contributed by atoms with E-state index in [1.54, 1.807) is 7.11 Å². The van der Waals surface area contributed by atoms with Gasteiger partial charge in [-0.15, -0.1) is 0 Å². The minimum atomic E-state index is -0.486. The van der Waals surface area contributed by atoms with Gasteiger partial charge in [-0.3, -0.25) is 10.1 Å². The smallest absolute Gasteiger partial charge is 0.319 e. The molecule has 1 unspecified atom stereocenters. The van der Waals surface area contributed by atoms with Gasteiger partial charge in [0.25, 0.3) is 5.69 Å². The number of benzene rings is 2. The number of hydrogen-bond acceptors (Lipinski definition) is 5. The molecular weight excluding hydrogens is 336 g/mol. The highest BCUT2D eigenvalue weighted by Gasteiger charge is 2.16. The van der Waals surface area contributed by atoms with E-state index in [0.717, 1.165) is 11.3 Å². The number of hydrogen-bond donors (Lipinski definition) is 2. The van der Waals surface area contributed by atoms with Crippen molar-refractivity contribution in [1.82, 2.24) is 10.2 Å². The van der Waals surface area contributed by atoms with E-state index in [4.69, 9.17) is 4.74 Å². The van der Waals surface area contributed by atoms with E-state index in [1.807, 2.05) is 43.3 Å². The van der Waals surface area contributed by atoms with E-state index in [1.165, 1.54) is 24.3 Å². The van der Waals surface area contributed by atoms with Crippen LogP contribution in [0.25, 0.3) is 0 Å². The fraction of sp³-hybridized carbons (Fsp3) is 0.278. The number of ether oxygens (including phenoxy) is 1. The van der Waals surface area contributed by atoms with Gasteiger partial charge in [-0.2, -0.15) is 0 Å². The Balaban J connectivity index is 1.97. The third-order valence-corrected chi connectivity index (χ3v) is 3.89. The number of likely N-dealkylation sites (N-methyl/N-ethyl adjacent to an activating group) is 1. The molecule has 0 aliphatic heterocycles. The van der Waals surface area contributed by atoms with Crippen molar-refractivity contribution in [1.29, 1.82) is 0 Å². The van der Waals surface area contributed by atoms with E-state index in [0.29, 0.717) is 12.2 Å². The second-order valence-corrected chi connectivity index (χ2v) is 5.90. The molecule has 2 rings (SSSR count). The summed E-state index contributed by atoms with van der Waals surface area (Å²) >= 11 is 0. The van der Waals surface area contributed by atoms with Crippen LogP contribution in [0.15, 0.2) is 48.5 Å². The Labute approximate surface area is 151 Å². The quantitative estimate of drug-likeness (QED) is 0.586. The fourth-order valence-corrected chi connectivity index (χ4v) is 2.48. The summed E-state index contributed by atoms with van der Waals surface area (Å²) in [6, 6.07) is 12.9. The van der Waals surface area contributed by atoms with Crippen LogP contribution in [0.3, 0.4) is 0 Å². The zero-order valence-corrected chi connectivity index (χ0v) is 14.9. The van der Waals surface area contributed by atoms with Crippen LogP contribution in [0.5, 0.6) is 5.75 Å². The molecule has 0 spiro atoms. The maximum Gasteiger partial charge on any atom is 0.319 e. The third kappa shape index (κ3) is 5.18. The number of anilines is 1. The van der Waals surface area contributed by atoms with E-state index in [9.17, 15) is 14.9 Å². The van der Waals surface area contributed by atoms with Crippen molar-refractivity contribution in [3.8, 4) is 5.75 Å². The molecule has 1 atom stereocenters. The Bertz CT molecular complexity index is 762. The van der Waals surface area contributed by atoms with Gasteiger partial charge in [-0.1, -0.05) is 12.1 Å². The molecule has 0 fully saturated rings. The summed E-state index contributed by atoms with van der Waals surface area (Å²) in [5.74, 6) is 0.754. The van der Waals surface area contributed by atoms with Crippen LogP contribution >= 0.6 is 0 Å². The van der Waals surface area contributed by atoms with Crippen LogP contribution in [-0.2, 0) is 0 Å². The molecule has 0 heterocycles. The molecule has 8 nitrogen and oxygen atoms in total. The largest absolute Gasteiger partial charge is 0.497 e. The molecule has 0 radical (unpaired) electrons. The highest BCUT2D eigenvalue weighted by atomic mass is 16.6. The second-order valence-electron chi connectivity index (χ2n) is 5.90. The molecule has 8 heteroatoms. The van der Waals surface area contributed by atoms with Crippen molar-refractivity contribution in [2.75, 3.05) is 33.1 Å². The number of carbonyl (C=O) groups is 1. The Morgan fingerprint density at radius 2 is 1.92 bits per heavy atom. The number of non-ortho nitro benzene ring substituents is 1. The van der Waals surface area contributed by atoms with Gasteiger partial charge in [0.1, 0.15) is 5.75 Å². The van der Waals surface area contributed by atoms with Gasteiger partial charge in [-0.25, -0.2) is 4.79 Å². The van der Waals surface area contributed by atoms with E-state index in [2.05, 4.69) is 10.6 Å². The fourth-order valence-electron chi connectivity index (χ4n) is 2.48. The molecule has 0 aromatic heterocycles. The van der Waals surface area contributed by atoms with Crippen molar-refractivity contribution in [3.63, 3.8) is 0 Å². The van der Waals surface area contributed by atoms with Crippen LogP contribution in [-0.4, -0.2) is 43.6 Å². The number of rotatable bonds is 7. The number of urea groups is 1. The van der Waals surface area contributed by atoms with E-state index in [-0.39, 0.29) is 17.8 Å². The standard InChI is InChI=1S/C18H22N4O4/c1-21(2)17(13-5-4-6-16(11-13)26-3)12-19-18(23)20-14-7-9-15(10-8-14)22(24)25/h4-11,17H,12H2,1-3H3,(H2,19,20,23). The number of nitrogens with zero attached hydrogens (tertiary/aromatic N) is 2. The summed E-state index contributed by atoms with van der Waals surface area (Å²) in [7, 11) is 5.47. The lowest BCUT2D eigenvalue weighted by Gasteiger charge is -2.25. The average molecular weight is 358 g/mol. The molecule has 0 aliphatic carbocycles. The van der Waals surface area contributed by atoms with Crippen LogP contribution < -0.4 is 15.4 Å². The van der Waals surface area contributed by atoms with Gasteiger partial charge < -0.3 is 20.3 Å². The normalized spacial score (nSPS) is 11.7. The summed E-state index contributed by atoms with van der Waals surface area (Å²) in [6.07, 6.45) is 0. The predicted molar refractivity (Wildman–Crippen MR) is 99.5 cm³/mol. The lowest BCUT2D eigenvalue weighted by atomic mass is 10.1. The highest BCUT2D eigenvalue weighted by molar-refractivity contribution is 5.89. The molecule has 0 saturated carbocycles. The Kier molecular flexibility index (Phi) is 6.51. The Hall–Kier alpha value is -3.13.